The van der Waals surface area contributed by atoms with E-state index in [9.17, 15) is 0 Å². The van der Waals surface area contributed by atoms with Crippen LogP contribution >= 0.6 is 27.7 Å². The quantitative estimate of drug-likeness (QED) is 0.644. The number of rotatable bonds is 6. The van der Waals surface area contributed by atoms with Crippen molar-refractivity contribution in [2.45, 2.75) is 24.3 Å². The second kappa shape index (κ2) is 7.33. The molecule has 0 aliphatic heterocycles. The molecule has 2 nitrogen and oxygen atoms in total. The van der Waals surface area contributed by atoms with Crippen molar-refractivity contribution in [1.29, 1.82) is 0 Å². The number of thioether (sulfide) groups is 1. The number of hydrogen-bond acceptors (Lipinski definition) is 3. The Bertz CT molecular complexity index is 331. The summed E-state index contributed by atoms with van der Waals surface area (Å²) in [5.41, 5.74) is 7.00. The fourth-order valence-corrected chi connectivity index (χ4v) is 3.11. The van der Waals surface area contributed by atoms with Crippen LogP contribution in [0.1, 0.15) is 24.9 Å². The van der Waals surface area contributed by atoms with Gasteiger partial charge in [0.1, 0.15) is 0 Å². The Kier molecular flexibility index (Phi) is 6.43. The first kappa shape index (κ1) is 14.0. The topological polar surface area (TPSA) is 35.2 Å². The van der Waals surface area contributed by atoms with Crippen LogP contribution < -0.4 is 5.73 Å². The molecule has 16 heavy (non-hydrogen) atoms. The molecule has 1 atom stereocenters. The second-order valence-electron chi connectivity index (χ2n) is 3.67. The Balaban J connectivity index is 2.53. The first-order valence-corrected chi connectivity index (χ1v) is 7.09. The molecule has 1 aromatic carbocycles. The molecule has 4 heteroatoms. The van der Waals surface area contributed by atoms with Gasteiger partial charge in [0.25, 0.3) is 0 Å². The van der Waals surface area contributed by atoms with E-state index in [1.54, 1.807) is 7.11 Å². The highest BCUT2D eigenvalue weighted by Crippen LogP contribution is 2.28. The summed E-state index contributed by atoms with van der Waals surface area (Å²) in [6, 6.07) is 6.42. The van der Waals surface area contributed by atoms with Gasteiger partial charge in [-0.2, -0.15) is 0 Å². The molecule has 0 amide bonds. The summed E-state index contributed by atoms with van der Waals surface area (Å²) in [7, 11) is 1.73. The van der Waals surface area contributed by atoms with Gasteiger partial charge < -0.3 is 10.5 Å². The SMILES string of the molecule is COCCCSc1ccc([C@@H](C)N)c(Br)c1. The minimum atomic E-state index is 0.0712. The van der Waals surface area contributed by atoms with Crippen molar-refractivity contribution in [2.75, 3.05) is 19.5 Å². The van der Waals surface area contributed by atoms with Gasteiger partial charge in [-0.05, 0) is 31.0 Å². The second-order valence-corrected chi connectivity index (χ2v) is 5.69. The van der Waals surface area contributed by atoms with Crippen LogP contribution in [0.4, 0.5) is 0 Å². The van der Waals surface area contributed by atoms with Gasteiger partial charge in [-0.1, -0.05) is 22.0 Å². The molecule has 0 radical (unpaired) electrons. The van der Waals surface area contributed by atoms with Crippen LogP contribution in [0.25, 0.3) is 0 Å². The summed E-state index contributed by atoms with van der Waals surface area (Å²) in [4.78, 5) is 1.27. The Morgan fingerprint density at radius 3 is 2.81 bits per heavy atom. The van der Waals surface area contributed by atoms with E-state index >= 15 is 0 Å². The Hall–Kier alpha value is -0.0300. The molecule has 90 valence electrons. The van der Waals surface area contributed by atoms with E-state index < -0.39 is 0 Å². The monoisotopic (exact) mass is 303 g/mol. The molecule has 1 aromatic rings. The molecule has 0 spiro atoms. The van der Waals surface area contributed by atoms with Gasteiger partial charge in [0.05, 0.1) is 0 Å². The molecule has 0 aromatic heterocycles. The third-order valence-electron chi connectivity index (χ3n) is 2.22. The average Bonchev–Trinajstić information content (AvgIpc) is 2.24. The fourth-order valence-electron chi connectivity index (χ4n) is 1.36. The first-order chi connectivity index (χ1) is 7.65. The number of hydrogen-bond donors (Lipinski definition) is 1. The van der Waals surface area contributed by atoms with Crippen molar-refractivity contribution in [3.05, 3.63) is 28.2 Å². The summed E-state index contributed by atoms with van der Waals surface area (Å²) in [5, 5.41) is 0. The van der Waals surface area contributed by atoms with Gasteiger partial charge in [-0.25, -0.2) is 0 Å². The van der Waals surface area contributed by atoms with Crippen molar-refractivity contribution in [3.8, 4) is 0 Å². The number of methoxy groups -OCH3 is 1. The van der Waals surface area contributed by atoms with E-state index in [4.69, 9.17) is 10.5 Å². The van der Waals surface area contributed by atoms with E-state index in [1.807, 2.05) is 18.7 Å². The molecule has 0 fully saturated rings. The zero-order chi connectivity index (χ0) is 12.0. The number of benzene rings is 1. The lowest BCUT2D eigenvalue weighted by Gasteiger charge is -2.10. The molecule has 1 rings (SSSR count). The number of halogens is 1. The minimum absolute atomic E-state index is 0.0712. The van der Waals surface area contributed by atoms with E-state index in [0.717, 1.165) is 28.8 Å². The maximum atomic E-state index is 5.85. The van der Waals surface area contributed by atoms with Gasteiger partial charge in [0.15, 0.2) is 0 Å². The lowest BCUT2D eigenvalue weighted by Crippen LogP contribution is -2.05. The molecule has 0 aliphatic carbocycles. The maximum absolute atomic E-state index is 5.85. The first-order valence-electron chi connectivity index (χ1n) is 5.32. The zero-order valence-corrected chi connectivity index (χ0v) is 12.1. The molecule has 2 N–H and O–H groups in total. The smallest absolute Gasteiger partial charge is 0.0470 e. The van der Waals surface area contributed by atoms with Crippen LogP contribution in [0.5, 0.6) is 0 Å². The molecule has 0 unspecified atom stereocenters. The van der Waals surface area contributed by atoms with Crippen LogP contribution in [-0.4, -0.2) is 19.5 Å². The van der Waals surface area contributed by atoms with Gasteiger partial charge >= 0.3 is 0 Å². The van der Waals surface area contributed by atoms with Gasteiger partial charge in [-0.15, -0.1) is 11.8 Å². The maximum Gasteiger partial charge on any atom is 0.0470 e. The van der Waals surface area contributed by atoms with E-state index in [0.29, 0.717) is 0 Å². The summed E-state index contributed by atoms with van der Waals surface area (Å²) < 4.78 is 6.11. The van der Waals surface area contributed by atoms with E-state index in [1.165, 1.54) is 4.90 Å². The summed E-state index contributed by atoms with van der Waals surface area (Å²) in [5.74, 6) is 1.08. The molecule has 0 bridgehead atoms. The van der Waals surface area contributed by atoms with Crippen molar-refractivity contribution >= 4 is 27.7 Å². The Morgan fingerprint density at radius 2 is 2.25 bits per heavy atom. The third-order valence-corrected chi connectivity index (χ3v) is 3.99. The van der Waals surface area contributed by atoms with Crippen molar-refractivity contribution in [3.63, 3.8) is 0 Å². The van der Waals surface area contributed by atoms with E-state index in [2.05, 4.69) is 34.1 Å². The lowest BCUT2D eigenvalue weighted by molar-refractivity contribution is 0.200. The average molecular weight is 304 g/mol. The standard InChI is InChI=1S/C12H18BrNOS/c1-9(14)11-5-4-10(8-12(11)13)16-7-3-6-15-2/h4-5,8-9H,3,6-7,14H2,1-2H3/t9-/m1/s1. The largest absolute Gasteiger partial charge is 0.385 e. The fraction of sp³-hybridized carbons (Fsp3) is 0.500. The van der Waals surface area contributed by atoms with Gasteiger partial charge in [0, 0.05) is 34.9 Å². The molecule has 0 saturated carbocycles. The normalized spacial score (nSPS) is 12.8. The van der Waals surface area contributed by atoms with Crippen LogP contribution in [-0.2, 0) is 4.74 Å². The Morgan fingerprint density at radius 1 is 1.50 bits per heavy atom. The predicted octanol–water partition coefficient (Wildman–Crippen LogP) is 3.60. The highest BCUT2D eigenvalue weighted by molar-refractivity contribution is 9.10. The van der Waals surface area contributed by atoms with Crippen molar-refractivity contribution in [2.24, 2.45) is 5.73 Å². The summed E-state index contributed by atoms with van der Waals surface area (Å²) in [6.07, 6.45) is 1.08. The van der Waals surface area contributed by atoms with Crippen LogP contribution in [0, 0.1) is 0 Å². The summed E-state index contributed by atoms with van der Waals surface area (Å²) >= 11 is 5.40. The molecular weight excluding hydrogens is 286 g/mol. The highest BCUT2D eigenvalue weighted by Gasteiger charge is 2.05. The lowest BCUT2D eigenvalue weighted by atomic mass is 10.1. The molecule has 0 heterocycles. The predicted molar refractivity (Wildman–Crippen MR) is 74.0 cm³/mol. The van der Waals surface area contributed by atoms with Crippen LogP contribution in [0.2, 0.25) is 0 Å². The van der Waals surface area contributed by atoms with E-state index in [-0.39, 0.29) is 6.04 Å². The van der Waals surface area contributed by atoms with Crippen LogP contribution in [0.15, 0.2) is 27.6 Å². The van der Waals surface area contributed by atoms with Gasteiger partial charge in [0.2, 0.25) is 0 Å². The zero-order valence-electron chi connectivity index (χ0n) is 9.70. The Labute approximate surface area is 110 Å². The molecular formula is C12H18BrNOS. The molecule has 0 saturated heterocycles. The number of nitrogens with two attached hydrogens (primary N) is 1. The van der Waals surface area contributed by atoms with Crippen molar-refractivity contribution < 1.29 is 4.74 Å². The van der Waals surface area contributed by atoms with Gasteiger partial charge in [-0.3, -0.25) is 0 Å². The summed E-state index contributed by atoms with van der Waals surface area (Å²) in [6.45, 7) is 2.82. The third kappa shape index (κ3) is 4.45. The highest BCUT2D eigenvalue weighted by atomic mass is 79.9. The minimum Gasteiger partial charge on any atom is -0.385 e. The number of ether oxygens (including phenoxy) is 1. The molecule has 0 aliphatic rings. The van der Waals surface area contributed by atoms with Crippen LogP contribution in [0.3, 0.4) is 0 Å². The van der Waals surface area contributed by atoms with Crippen molar-refractivity contribution in [1.82, 2.24) is 0 Å².